The molecular formula is C27H19ClF3N5O2. The molecule has 0 bridgehead atoms. The van der Waals surface area contributed by atoms with Crippen LogP contribution in [0.5, 0.6) is 0 Å². The van der Waals surface area contributed by atoms with Crippen molar-refractivity contribution in [2.24, 2.45) is 5.41 Å². The first kappa shape index (κ1) is 25.3. The fraction of sp³-hybridized carbons (Fsp3) is 0.185. The van der Waals surface area contributed by atoms with E-state index in [9.17, 15) is 28.0 Å². The third kappa shape index (κ3) is 4.80. The topological polar surface area (TPSA) is 99.8 Å². The van der Waals surface area contributed by atoms with Crippen LogP contribution in [0.15, 0.2) is 66.9 Å². The van der Waals surface area contributed by atoms with Crippen molar-refractivity contribution in [3.8, 4) is 11.8 Å². The number of fused-ring (bicyclic) bond motifs is 1. The normalized spacial score (nSPS) is 14.1. The Morgan fingerprint density at radius 3 is 2.50 bits per heavy atom. The van der Waals surface area contributed by atoms with Crippen LogP contribution < -0.4 is 10.6 Å². The molecule has 0 radical (unpaired) electrons. The maximum Gasteiger partial charge on any atom is 0.416 e. The van der Waals surface area contributed by atoms with Crippen LogP contribution in [-0.2, 0) is 17.5 Å². The molecule has 1 fully saturated rings. The van der Waals surface area contributed by atoms with E-state index in [0.717, 1.165) is 12.1 Å². The van der Waals surface area contributed by atoms with Gasteiger partial charge in [-0.3, -0.25) is 9.59 Å². The molecule has 0 aliphatic heterocycles. The van der Waals surface area contributed by atoms with Crippen molar-refractivity contribution in [3.05, 3.63) is 88.6 Å². The number of aromatic nitrogens is 2. The standard InChI is InChI=1S/C27H19ClF3N5O2/c28-21-9-4-16(13-33-25(38)26(15-32)10-11-26)12-19(21)24(37)35-22-2-1-3-23-20(22)14-34-36(23)18-7-5-17(6-8-18)27(29,30)31/h1-9,12,14H,10-11,13H2,(H,33,38)(H,35,37). The van der Waals surface area contributed by atoms with Crippen molar-refractivity contribution in [2.45, 2.75) is 25.6 Å². The second kappa shape index (κ2) is 9.50. The lowest BCUT2D eigenvalue weighted by atomic mass is 10.1. The number of hydrogen-bond acceptors (Lipinski definition) is 4. The molecule has 0 unspecified atom stereocenters. The van der Waals surface area contributed by atoms with Crippen molar-refractivity contribution in [1.29, 1.82) is 5.26 Å². The number of amides is 2. The maximum atomic E-state index is 13.1. The van der Waals surface area contributed by atoms with Crippen LogP contribution >= 0.6 is 11.6 Å². The number of carbonyl (C=O) groups excluding carboxylic acids is 2. The van der Waals surface area contributed by atoms with Gasteiger partial charge in [0, 0.05) is 11.9 Å². The number of rotatable bonds is 6. The van der Waals surface area contributed by atoms with E-state index in [1.54, 1.807) is 36.4 Å². The molecule has 7 nitrogen and oxygen atoms in total. The van der Waals surface area contributed by atoms with Crippen molar-refractivity contribution in [2.75, 3.05) is 5.32 Å². The SMILES string of the molecule is N#CC1(C(=O)NCc2ccc(Cl)c(C(=O)Nc3cccc4c3cnn4-c3ccc(C(F)(F)F)cc3)c2)CC1. The Kier molecular flexibility index (Phi) is 6.33. The smallest absolute Gasteiger partial charge is 0.351 e. The minimum Gasteiger partial charge on any atom is -0.351 e. The summed E-state index contributed by atoms with van der Waals surface area (Å²) in [5.74, 6) is -0.827. The van der Waals surface area contributed by atoms with Gasteiger partial charge in [-0.2, -0.15) is 23.5 Å². The molecule has 2 amide bonds. The molecule has 3 aromatic carbocycles. The van der Waals surface area contributed by atoms with E-state index < -0.39 is 23.1 Å². The number of benzene rings is 3. The average Bonchev–Trinajstić information content (AvgIpc) is 3.59. The van der Waals surface area contributed by atoms with Crippen LogP contribution in [-0.4, -0.2) is 21.6 Å². The van der Waals surface area contributed by atoms with Crippen molar-refractivity contribution < 1.29 is 22.8 Å². The van der Waals surface area contributed by atoms with Crippen LogP contribution in [0.1, 0.15) is 34.3 Å². The van der Waals surface area contributed by atoms with E-state index >= 15 is 0 Å². The minimum absolute atomic E-state index is 0.134. The molecule has 1 aliphatic carbocycles. The number of nitriles is 1. The van der Waals surface area contributed by atoms with Gasteiger partial charge in [-0.1, -0.05) is 23.7 Å². The zero-order chi connectivity index (χ0) is 27.1. The highest BCUT2D eigenvalue weighted by molar-refractivity contribution is 6.34. The van der Waals surface area contributed by atoms with Gasteiger partial charge >= 0.3 is 6.18 Å². The molecule has 2 N–H and O–H groups in total. The monoisotopic (exact) mass is 537 g/mol. The maximum absolute atomic E-state index is 13.1. The summed E-state index contributed by atoms with van der Waals surface area (Å²) < 4.78 is 40.3. The van der Waals surface area contributed by atoms with E-state index in [2.05, 4.69) is 15.7 Å². The van der Waals surface area contributed by atoms with Gasteiger partial charge in [-0.05, 0) is 66.9 Å². The summed E-state index contributed by atoms with van der Waals surface area (Å²) in [6, 6.07) is 16.6. The highest BCUT2D eigenvalue weighted by Gasteiger charge is 2.50. The quantitative estimate of drug-likeness (QED) is 0.321. The van der Waals surface area contributed by atoms with Crippen molar-refractivity contribution in [1.82, 2.24) is 15.1 Å². The number of anilines is 1. The van der Waals surface area contributed by atoms with Crippen LogP contribution in [0.4, 0.5) is 18.9 Å². The molecule has 1 aromatic heterocycles. The molecular weight excluding hydrogens is 519 g/mol. The molecule has 5 rings (SSSR count). The Hall–Kier alpha value is -4.36. The number of halogens is 4. The summed E-state index contributed by atoms with van der Waals surface area (Å²) in [6.07, 6.45) is -1.86. The number of nitrogens with one attached hydrogen (secondary N) is 2. The summed E-state index contributed by atoms with van der Waals surface area (Å²) in [4.78, 5) is 25.4. The van der Waals surface area contributed by atoms with Crippen LogP contribution in [0, 0.1) is 16.7 Å². The van der Waals surface area contributed by atoms with E-state index in [0.29, 0.717) is 40.7 Å². The summed E-state index contributed by atoms with van der Waals surface area (Å²) >= 11 is 6.28. The van der Waals surface area contributed by atoms with Gasteiger partial charge < -0.3 is 10.6 Å². The lowest BCUT2D eigenvalue weighted by Gasteiger charge is -2.12. The van der Waals surface area contributed by atoms with Gasteiger partial charge in [0.2, 0.25) is 5.91 Å². The molecule has 1 saturated carbocycles. The zero-order valence-electron chi connectivity index (χ0n) is 19.6. The predicted molar refractivity (Wildman–Crippen MR) is 135 cm³/mol. The molecule has 0 atom stereocenters. The Morgan fingerprint density at radius 1 is 1.11 bits per heavy atom. The summed E-state index contributed by atoms with van der Waals surface area (Å²) in [7, 11) is 0. The van der Waals surface area contributed by atoms with Gasteiger partial charge in [-0.25, -0.2) is 4.68 Å². The van der Waals surface area contributed by atoms with E-state index in [1.165, 1.54) is 23.0 Å². The first-order valence-electron chi connectivity index (χ1n) is 11.5. The van der Waals surface area contributed by atoms with Gasteiger partial charge in [0.05, 0.1) is 45.3 Å². The summed E-state index contributed by atoms with van der Waals surface area (Å²) in [5, 5.41) is 19.8. The van der Waals surface area contributed by atoms with Gasteiger partial charge in [0.25, 0.3) is 5.91 Å². The third-order valence-corrected chi connectivity index (χ3v) is 6.76. The van der Waals surface area contributed by atoms with E-state index in [1.807, 2.05) is 6.07 Å². The third-order valence-electron chi connectivity index (χ3n) is 6.43. The number of carbonyl (C=O) groups is 2. The molecule has 11 heteroatoms. The number of alkyl halides is 3. The Bertz CT molecular complexity index is 1600. The van der Waals surface area contributed by atoms with Gasteiger partial charge in [-0.15, -0.1) is 0 Å². The fourth-order valence-electron chi connectivity index (χ4n) is 4.07. The molecule has 0 spiro atoms. The zero-order valence-corrected chi connectivity index (χ0v) is 20.4. The van der Waals surface area contributed by atoms with Crippen LogP contribution in [0.3, 0.4) is 0 Å². The second-order valence-corrected chi connectivity index (χ2v) is 9.39. The van der Waals surface area contributed by atoms with E-state index in [4.69, 9.17) is 11.6 Å². The predicted octanol–water partition coefficient (Wildman–Crippen LogP) is 5.87. The van der Waals surface area contributed by atoms with Crippen LogP contribution in [0.2, 0.25) is 5.02 Å². The number of hydrogen-bond donors (Lipinski definition) is 2. The first-order chi connectivity index (χ1) is 18.1. The van der Waals surface area contributed by atoms with Gasteiger partial charge in [0.1, 0.15) is 5.41 Å². The van der Waals surface area contributed by atoms with Gasteiger partial charge in [0.15, 0.2) is 0 Å². The Balaban J connectivity index is 1.36. The molecule has 38 heavy (non-hydrogen) atoms. The molecule has 192 valence electrons. The summed E-state index contributed by atoms with van der Waals surface area (Å²) in [5.41, 5.74) is 0.555. The van der Waals surface area contributed by atoms with Crippen molar-refractivity contribution >= 4 is 40.0 Å². The highest BCUT2D eigenvalue weighted by atomic mass is 35.5. The largest absolute Gasteiger partial charge is 0.416 e. The Morgan fingerprint density at radius 2 is 1.84 bits per heavy atom. The minimum atomic E-state index is -4.44. The molecule has 1 heterocycles. The average molecular weight is 538 g/mol. The lowest BCUT2D eigenvalue weighted by Crippen LogP contribution is -2.30. The lowest BCUT2D eigenvalue weighted by molar-refractivity contribution is -0.137. The number of nitrogens with zero attached hydrogens (tertiary/aromatic N) is 3. The highest BCUT2D eigenvalue weighted by Crippen LogP contribution is 2.45. The molecule has 0 saturated heterocycles. The molecule has 4 aromatic rings. The van der Waals surface area contributed by atoms with Crippen molar-refractivity contribution in [3.63, 3.8) is 0 Å². The fourth-order valence-corrected chi connectivity index (χ4v) is 4.27. The summed E-state index contributed by atoms with van der Waals surface area (Å²) in [6.45, 7) is 0.134. The second-order valence-electron chi connectivity index (χ2n) is 8.98. The molecule has 1 aliphatic rings. The van der Waals surface area contributed by atoms with Crippen LogP contribution in [0.25, 0.3) is 16.6 Å². The first-order valence-corrected chi connectivity index (χ1v) is 11.9. The Labute approximate surface area is 219 Å². The van der Waals surface area contributed by atoms with E-state index in [-0.39, 0.29) is 23.0 Å².